The molecule has 0 fully saturated rings. The molecule has 0 unspecified atom stereocenters. The van der Waals surface area contributed by atoms with Gasteiger partial charge in [-0.15, -0.1) is 0 Å². The molecule has 2 heterocycles. The molecule has 0 aliphatic carbocycles. The van der Waals surface area contributed by atoms with Crippen molar-refractivity contribution in [1.29, 1.82) is 0 Å². The zero-order valence-corrected chi connectivity index (χ0v) is 9.18. The number of aromatic nitrogens is 3. The Hall–Kier alpha value is -1.91. The first-order valence-electron chi connectivity index (χ1n) is 5.03. The van der Waals surface area contributed by atoms with Crippen molar-refractivity contribution >= 4 is 5.82 Å². The maximum absolute atomic E-state index is 13.5. The van der Waals surface area contributed by atoms with Crippen molar-refractivity contribution in [1.82, 2.24) is 14.8 Å². The van der Waals surface area contributed by atoms with Crippen LogP contribution < -0.4 is 5.73 Å². The largest absolute Gasteiger partial charge is 0.384 e. The summed E-state index contributed by atoms with van der Waals surface area (Å²) in [5.74, 6) is -0.0915. The van der Waals surface area contributed by atoms with E-state index in [1.807, 2.05) is 13.8 Å². The van der Waals surface area contributed by atoms with Crippen molar-refractivity contribution in [2.24, 2.45) is 0 Å². The lowest BCUT2D eigenvalue weighted by Gasteiger charge is -2.03. The molecule has 0 radical (unpaired) electrons. The second kappa shape index (κ2) is 3.92. The minimum atomic E-state index is -0.391. The van der Waals surface area contributed by atoms with Crippen molar-refractivity contribution in [2.45, 2.75) is 19.9 Å². The van der Waals surface area contributed by atoms with Crippen LogP contribution in [0.1, 0.15) is 19.9 Å². The summed E-state index contributed by atoms with van der Waals surface area (Å²) in [6.07, 6.45) is 4.54. The molecule has 4 nitrogen and oxygen atoms in total. The van der Waals surface area contributed by atoms with Gasteiger partial charge in [0.25, 0.3) is 0 Å². The first-order chi connectivity index (χ1) is 7.58. The van der Waals surface area contributed by atoms with Crippen molar-refractivity contribution in [3.05, 3.63) is 30.5 Å². The summed E-state index contributed by atoms with van der Waals surface area (Å²) in [6, 6.07) is 1.76. The highest BCUT2D eigenvalue weighted by Crippen LogP contribution is 2.23. The highest BCUT2D eigenvalue weighted by atomic mass is 19.1. The number of anilines is 1. The number of rotatable bonds is 2. The summed E-state index contributed by atoms with van der Waals surface area (Å²) in [5, 5.41) is 4.15. The number of hydrogen-bond acceptors (Lipinski definition) is 3. The molecule has 0 saturated heterocycles. The van der Waals surface area contributed by atoms with Gasteiger partial charge >= 0.3 is 0 Å². The molecule has 84 valence electrons. The van der Waals surface area contributed by atoms with Crippen LogP contribution in [0.3, 0.4) is 0 Å². The Morgan fingerprint density at radius 1 is 1.38 bits per heavy atom. The first kappa shape index (κ1) is 10.6. The molecular weight excluding hydrogens is 207 g/mol. The van der Waals surface area contributed by atoms with Crippen molar-refractivity contribution < 1.29 is 4.39 Å². The molecule has 0 saturated carbocycles. The molecule has 5 heteroatoms. The number of hydrogen-bond donors (Lipinski definition) is 1. The van der Waals surface area contributed by atoms with Crippen LogP contribution in [0, 0.1) is 5.82 Å². The normalized spacial score (nSPS) is 11.0. The molecule has 0 bridgehead atoms. The predicted octanol–water partition coefficient (Wildman–Crippen LogP) is 2.25. The monoisotopic (exact) mass is 220 g/mol. The Morgan fingerprint density at radius 2 is 2.12 bits per heavy atom. The standard InChI is InChI=1S/C11H13FN4/c1-7(2)16-6-8(4-15-16)9-3-11(13)14-5-10(9)12/h3-7H,1-2H3,(H2,13,14). The molecule has 0 atom stereocenters. The average molecular weight is 220 g/mol. The lowest BCUT2D eigenvalue weighted by atomic mass is 10.1. The molecule has 0 spiro atoms. The van der Waals surface area contributed by atoms with E-state index in [0.717, 1.165) is 6.20 Å². The third kappa shape index (κ3) is 1.88. The Labute approximate surface area is 92.9 Å². The molecule has 2 rings (SSSR count). The van der Waals surface area contributed by atoms with Gasteiger partial charge in [0.15, 0.2) is 0 Å². The van der Waals surface area contributed by atoms with Crippen LogP contribution in [-0.2, 0) is 0 Å². The lowest BCUT2D eigenvalue weighted by Crippen LogP contribution is -1.99. The Bertz CT molecular complexity index is 504. The number of pyridine rings is 1. The van der Waals surface area contributed by atoms with Crippen LogP contribution in [0.5, 0.6) is 0 Å². The lowest BCUT2D eigenvalue weighted by molar-refractivity contribution is 0.532. The molecule has 0 aromatic carbocycles. The summed E-state index contributed by atoms with van der Waals surface area (Å²) in [6.45, 7) is 4.02. The minimum absolute atomic E-state index is 0.246. The molecular formula is C11H13FN4. The Kier molecular flexibility index (Phi) is 2.60. The number of nitrogens with zero attached hydrogens (tertiary/aromatic N) is 3. The van der Waals surface area contributed by atoms with Crippen molar-refractivity contribution in [3.63, 3.8) is 0 Å². The molecule has 0 aliphatic rings. The van der Waals surface area contributed by atoms with E-state index in [2.05, 4.69) is 10.1 Å². The van der Waals surface area contributed by atoms with Gasteiger partial charge in [-0.1, -0.05) is 0 Å². The third-order valence-corrected chi connectivity index (χ3v) is 2.32. The molecule has 16 heavy (non-hydrogen) atoms. The van der Waals surface area contributed by atoms with Crippen molar-refractivity contribution in [2.75, 3.05) is 5.73 Å². The molecule has 0 amide bonds. The first-order valence-corrected chi connectivity index (χ1v) is 5.03. The van der Waals surface area contributed by atoms with E-state index in [1.54, 1.807) is 17.1 Å². The molecule has 2 aromatic rings. The van der Waals surface area contributed by atoms with Crippen LogP contribution >= 0.6 is 0 Å². The van der Waals surface area contributed by atoms with E-state index in [0.29, 0.717) is 16.9 Å². The number of nitrogen functional groups attached to an aromatic ring is 1. The SMILES string of the molecule is CC(C)n1cc(-c2cc(N)ncc2F)cn1. The van der Waals surface area contributed by atoms with Crippen LogP contribution in [0.25, 0.3) is 11.1 Å². The summed E-state index contributed by atoms with van der Waals surface area (Å²) >= 11 is 0. The molecule has 0 aliphatic heterocycles. The number of halogens is 1. The molecule has 2 N–H and O–H groups in total. The fourth-order valence-corrected chi connectivity index (χ4v) is 1.44. The van der Waals surface area contributed by atoms with Crippen LogP contribution in [0.15, 0.2) is 24.7 Å². The van der Waals surface area contributed by atoms with Gasteiger partial charge in [0.05, 0.1) is 12.4 Å². The quantitative estimate of drug-likeness (QED) is 0.844. The van der Waals surface area contributed by atoms with Gasteiger partial charge in [-0.2, -0.15) is 5.10 Å². The van der Waals surface area contributed by atoms with Gasteiger partial charge in [0.2, 0.25) is 0 Å². The fraction of sp³-hybridized carbons (Fsp3) is 0.273. The van der Waals surface area contributed by atoms with E-state index in [4.69, 9.17) is 5.73 Å². The Balaban J connectivity index is 2.46. The highest BCUT2D eigenvalue weighted by Gasteiger charge is 2.09. The smallest absolute Gasteiger partial charge is 0.149 e. The summed E-state index contributed by atoms with van der Waals surface area (Å²) in [4.78, 5) is 3.68. The van der Waals surface area contributed by atoms with E-state index < -0.39 is 5.82 Å². The summed E-state index contributed by atoms with van der Waals surface area (Å²) in [7, 11) is 0. The third-order valence-electron chi connectivity index (χ3n) is 2.32. The maximum atomic E-state index is 13.5. The minimum Gasteiger partial charge on any atom is -0.384 e. The van der Waals surface area contributed by atoms with Crippen LogP contribution in [0.4, 0.5) is 10.2 Å². The van der Waals surface area contributed by atoms with Gasteiger partial charge in [0.1, 0.15) is 11.6 Å². The van der Waals surface area contributed by atoms with E-state index in [9.17, 15) is 4.39 Å². The highest BCUT2D eigenvalue weighted by molar-refractivity contribution is 5.64. The van der Waals surface area contributed by atoms with Gasteiger partial charge in [0, 0.05) is 23.4 Å². The molecule has 2 aromatic heterocycles. The van der Waals surface area contributed by atoms with Crippen LogP contribution in [-0.4, -0.2) is 14.8 Å². The van der Waals surface area contributed by atoms with E-state index >= 15 is 0 Å². The maximum Gasteiger partial charge on any atom is 0.149 e. The van der Waals surface area contributed by atoms with Crippen LogP contribution in [0.2, 0.25) is 0 Å². The Morgan fingerprint density at radius 3 is 2.75 bits per heavy atom. The zero-order valence-electron chi connectivity index (χ0n) is 9.18. The average Bonchev–Trinajstić information content (AvgIpc) is 2.70. The number of nitrogens with two attached hydrogens (primary N) is 1. The van der Waals surface area contributed by atoms with E-state index in [1.165, 1.54) is 6.07 Å². The van der Waals surface area contributed by atoms with Crippen molar-refractivity contribution in [3.8, 4) is 11.1 Å². The van der Waals surface area contributed by atoms with E-state index in [-0.39, 0.29) is 6.04 Å². The second-order valence-corrected chi connectivity index (χ2v) is 3.89. The van der Waals surface area contributed by atoms with Gasteiger partial charge in [-0.3, -0.25) is 4.68 Å². The van der Waals surface area contributed by atoms with Gasteiger partial charge in [-0.25, -0.2) is 9.37 Å². The summed E-state index contributed by atoms with van der Waals surface area (Å²) in [5.41, 5.74) is 6.67. The van der Waals surface area contributed by atoms with Gasteiger partial charge < -0.3 is 5.73 Å². The zero-order chi connectivity index (χ0) is 11.7. The predicted molar refractivity (Wildman–Crippen MR) is 60.2 cm³/mol. The second-order valence-electron chi connectivity index (χ2n) is 3.89. The van der Waals surface area contributed by atoms with Gasteiger partial charge in [-0.05, 0) is 19.9 Å². The topological polar surface area (TPSA) is 56.7 Å². The summed E-state index contributed by atoms with van der Waals surface area (Å²) < 4.78 is 15.3. The fourth-order valence-electron chi connectivity index (χ4n) is 1.44.